The zero-order chi connectivity index (χ0) is 17.3. The molecule has 0 bridgehead atoms. The molecule has 0 radical (unpaired) electrons. The van der Waals surface area contributed by atoms with Crippen LogP contribution in [0.4, 0.5) is 4.39 Å². The molecule has 1 unspecified atom stereocenters. The van der Waals surface area contributed by atoms with Gasteiger partial charge in [-0.25, -0.2) is 12.8 Å². The first-order valence-corrected chi connectivity index (χ1v) is 9.83. The Morgan fingerprint density at radius 1 is 1.12 bits per heavy atom. The second kappa shape index (κ2) is 6.92. The van der Waals surface area contributed by atoms with Gasteiger partial charge in [0.25, 0.3) is 0 Å². The van der Waals surface area contributed by atoms with Crippen molar-refractivity contribution in [3.8, 4) is 0 Å². The Labute approximate surface area is 150 Å². The summed E-state index contributed by atoms with van der Waals surface area (Å²) in [6.45, 7) is 1.61. The molecular weight excluding hydrogens is 395 g/mol. The first kappa shape index (κ1) is 17.5. The van der Waals surface area contributed by atoms with Gasteiger partial charge in [0.1, 0.15) is 5.82 Å². The molecular formula is C17H18BrFN2O2S. The van der Waals surface area contributed by atoms with Crippen molar-refractivity contribution in [2.45, 2.75) is 10.9 Å². The van der Waals surface area contributed by atoms with Crippen LogP contribution in [0, 0.1) is 5.82 Å². The summed E-state index contributed by atoms with van der Waals surface area (Å²) < 4.78 is 41.7. The highest BCUT2D eigenvalue weighted by atomic mass is 79.9. The molecule has 0 N–H and O–H groups in total. The Bertz CT molecular complexity index is 830. The van der Waals surface area contributed by atoms with Gasteiger partial charge in [0.05, 0.1) is 15.4 Å². The van der Waals surface area contributed by atoms with Crippen LogP contribution >= 0.6 is 15.9 Å². The third-order valence-corrected chi connectivity index (χ3v) is 6.76. The van der Waals surface area contributed by atoms with Crippen molar-refractivity contribution in [3.05, 3.63) is 64.4 Å². The van der Waals surface area contributed by atoms with Gasteiger partial charge in [-0.15, -0.1) is 0 Å². The maximum absolute atomic E-state index is 13.8. The molecule has 128 valence electrons. The van der Waals surface area contributed by atoms with Gasteiger partial charge in [0.15, 0.2) is 0 Å². The summed E-state index contributed by atoms with van der Waals surface area (Å²) >= 11 is 3.06. The molecule has 4 nitrogen and oxygen atoms in total. The van der Waals surface area contributed by atoms with Crippen molar-refractivity contribution in [2.24, 2.45) is 0 Å². The predicted octanol–water partition coefficient (Wildman–Crippen LogP) is 3.27. The summed E-state index contributed by atoms with van der Waals surface area (Å²) in [6, 6.07) is 13.2. The number of hydrogen-bond donors (Lipinski definition) is 0. The molecule has 0 amide bonds. The van der Waals surface area contributed by atoms with Crippen molar-refractivity contribution < 1.29 is 12.8 Å². The first-order chi connectivity index (χ1) is 11.4. The van der Waals surface area contributed by atoms with Crippen LogP contribution in [0.1, 0.15) is 11.6 Å². The minimum Gasteiger partial charge on any atom is -0.303 e. The van der Waals surface area contributed by atoms with Gasteiger partial charge >= 0.3 is 0 Å². The molecule has 1 saturated heterocycles. The molecule has 1 atom stereocenters. The van der Waals surface area contributed by atoms with E-state index >= 15 is 0 Å². The summed E-state index contributed by atoms with van der Waals surface area (Å²) in [5, 5.41) is 0. The lowest BCUT2D eigenvalue weighted by atomic mass is 10.1. The van der Waals surface area contributed by atoms with Crippen LogP contribution in [0.15, 0.2) is 57.9 Å². The SMILES string of the molecule is CN1CCN(S(=O)(=O)c2ccc(Br)c(F)c2)C(c2ccccc2)C1. The smallest absolute Gasteiger partial charge is 0.243 e. The average molecular weight is 413 g/mol. The molecule has 2 aromatic carbocycles. The maximum atomic E-state index is 13.8. The molecule has 1 aliphatic rings. The summed E-state index contributed by atoms with van der Waals surface area (Å²) in [5.74, 6) is -0.582. The minimum atomic E-state index is -3.78. The molecule has 24 heavy (non-hydrogen) atoms. The zero-order valence-electron chi connectivity index (χ0n) is 13.2. The Kier molecular flexibility index (Phi) is 5.05. The van der Waals surface area contributed by atoms with Crippen LogP contribution < -0.4 is 0 Å². The number of nitrogens with zero attached hydrogens (tertiary/aromatic N) is 2. The molecule has 1 fully saturated rings. The largest absolute Gasteiger partial charge is 0.303 e. The normalized spacial score (nSPS) is 20.2. The van der Waals surface area contributed by atoms with E-state index in [-0.39, 0.29) is 15.4 Å². The molecule has 0 aliphatic carbocycles. The number of rotatable bonds is 3. The molecule has 2 aromatic rings. The van der Waals surface area contributed by atoms with Gasteiger partial charge in [-0.2, -0.15) is 4.31 Å². The van der Waals surface area contributed by atoms with E-state index in [1.165, 1.54) is 16.4 Å². The third kappa shape index (κ3) is 3.39. The number of hydrogen-bond acceptors (Lipinski definition) is 3. The molecule has 1 aliphatic heterocycles. The highest BCUT2D eigenvalue weighted by Crippen LogP contribution is 2.31. The predicted molar refractivity (Wildman–Crippen MR) is 94.7 cm³/mol. The van der Waals surface area contributed by atoms with E-state index in [0.29, 0.717) is 19.6 Å². The number of halogens is 2. The summed E-state index contributed by atoms with van der Waals surface area (Å²) in [4.78, 5) is 2.08. The lowest BCUT2D eigenvalue weighted by molar-refractivity contribution is 0.160. The Hall–Kier alpha value is -1.28. The number of likely N-dealkylation sites (N-methyl/N-ethyl adjacent to an activating group) is 1. The minimum absolute atomic E-state index is 0.0197. The topological polar surface area (TPSA) is 40.6 Å². The quantitative estimate of drug-likeness (QED) is 0.776. The molecule has 7 heteroatoms. The number of benzene rings is 2. The van der Waals surface area contributed by atoms with Crippen LogP contribution in [0.25, 0.3) is 0 Å². The Morgan fingerprint density at radius 3 is 2.50 bits per heavy atom. The van der Waals surface area contributed by atoms with Crippen LogP contribution in [-0.4, -0.2) is 44.3 Å². The van der Waals surface area contributed by atoms with E-state index in [9.17, 15) is 12.8 Å². The zero-order valence-corrected chi connectivity index (χ0v) is 15.6. The monoisotopic (exact) mass is 412 g/mol. The van der Waals surface area contributed by atoms with Crippen LogP contribution in [0.5, 0.6) is 0 Å². The summed E-state index contributed by atoms with van der Waals surface area (Å²) in [5.41, 5.74) is 0.935. The molecule has 1 heterocycles. The third-order valence-electron chi connectivity index (χ3n) is 4.22. The van der Waals surface area contributed by atoms with Gasteiger partial charge in [0.2, 0.25) is 10.0 Å². The van der Waals surface area contributed by atoms with E-state index in [0.717, 1.165) is 11.6 Å². The van der Waals surface area contributed by atoms with Gasteiger partial charge < -0.3 is 4.90 Å². The van der Waals surface area contributed by atoms with E-state index in [2.05, 4.69) is 20.8 Å². The lowest BCUT2D eigenvalue weighted by Gasteiger charge is -2.39. The molecule has 0 spiro atoms. The fourth-order valence-corrected chi connectivity index (χ4v) is 4.77. The average Bonchev–Trinajstić information content (AvgIpc) is 2.57. The first-order valence-electron chi connectivity index (χ1n) is 7.60. The second-order valence-corrected chi connectivity index (χ2v) is 8.63. The van der Waals surface area contributed by atoms with Crippen molar-refractivity contribution in [2.75, 3.05) is 26.7 Å². The van der Waals surface area contributed by atoms with Crippen molar-refractivity contribution in [3.63, 3.8) is 0 Å². The second-order valence-electron chi connectivity index (χ2n) is 5.88. The van der Waals surface area contributed by atoms with E-state index in [1.54, 1.807) is 0 Å². The number of piperazine rings is 1. The van der Waals surface area contributed by atoms with Gasteiger partial charge in [-0.05, 0) is 46.7 Å². The summed E-state index contributed by atoms with van der Waals surface area (Å²) in [6.07, 6.45) is 0. The molecule has 3 rings (SSSR count). The van der Waals surface area contributed by atoms with Crippen molar-refractivity contribution in [1.29, 1.82) is 0 Å². The highest BCUT2D eigenvalue weighted by molar-refractivity contribution is 9.10. The molecule has 0 aromatic heterocycles. The molecule has 0 saturated carbocycles. The van der Waals surface area contributed by atoms with Gasteiger partial charge in [-0.1, -0.05) is 30.3 Å². The fraction of sp³-hybridized carbons (Fsp3) is 0.294. The van der Waals surface area contributed by atoms with Crippen molar-refractivity contribution >= 4 is 26.0 Å². The fourth-order valence-electron chi connectivity index (χ4n) is 2.91. The van der Waals surface area contributed by atoms with E-state index in [4.69, 9.17) is 0 Å². The number of sulfonamides is 1. The Balaban J connectivity index is 2.02. The van der Waals surface area contributed by atoms with Crippen LogP contribution in [0.3, 0.4) is 0 Å². The summed E-state index contributed by atoms with van der Waals surface area (Å²) in [7, 11) is -1.80. The van der Waals surface area contributed by atoms with Crippen molar-refractivity contribution in [1.82, 2.24) is 9.21 Å². The van der Waals surface area contributed by atoms with E-state index in [1.807, 2.05) is 37.4 Å². The lowest BCUT2D eigenvalue weighted by Crippen LogP contribution is -2.49. The van der Waals surface area contributed by atoms with Crippen LogP contribution in [0.2, 0.25) is 0 Å². The highest BCUT2D eigenvalue weighted by Gasteiger charge is 2.36. The Morgan fingerprint density at radius 2 is 1.83 bits per heavy atom. The maximum Gasteiger partial charge on any atom is 0.243 e. The van der Waals surface area contributed by atoms with Gasteiger partial charge in [0, 0.05) is 19.6 Å². The van der Waals surface area contributed by atoms with Gasteiger partial charge in [-0.3, -0.25) is 0 Å². The van der Waals surface area contributed by atoms with E-state index < -0.39 is 15.8 Å². The van der Waals surface area contributed by atoms with Crippen LogP contribution in [-0.2, 0) is 10.0 Å². The standard InChI is InChI=1S/C17H18BrFN2O2S/c1-20-9-10-21(17(12-20)13-5-3-2-4-6-13)24(22,23)14-7-8-15(18)16(19)11-14/h2-8,11,17H,9-10,12H2,1H3.